The molecule has 1 N–H and O–H groups in total. The van der Waals surface area contributed by atoms with Gasteiger partial charge in [0, 0.05) is 29.9 Å². The van der Waals surface area contributed by atoms with E-state index in [0.717, 1.165) is 56.2 Å². The molecule has 1 aromatic rings. The van der Waals surface area contributed by atoms with Gasteiger partial charge in [-0.15, -0.1) is 0 Å². The Labute approximate surface area is 180 Å². The first kappa shape index (κ1) is 20.1. The number of rotatable bonds is 2. The molecule has 5 rings (SSSR count). The minimum atomic E-state index is -0.208. The number of anilines is 1. The third-order valence-corrected chi connectivity index (χ3v) is 9.23. The van der Waals surface area contributed by atoms with Gasteiger partial charge < -0.3 is 10.0 Å². The Morgan fingerprint density at radius 2 is 1.77 bits per heavy atom. The number of nitrogens with zero attached hydrogens (tertiary/aromatic N) is 1. The van der Waals surface area contributed by atoms with Crippen LogP contribution in [0, 0.1) is 28.6 Å². The van der Waals surface area contributed by atoms with E-state index in [-0.39, 0.29) is 16.9 Å². The lowest BCUT2D eigenvalue weighted by atomic mass is 9.48. The third-order valence-electron chi connectivity index (χ3n) is 9.23. The molecule has 3 fully saturated rings. The lowest BCUT2D eigenvalue weighted by molar-refractivity contribution is -0.130. The molecule has 0 bridgehead atoms. The maximum absolute atomic E-state index is 13.6. The summed E-state index contributed by atoms with van der Waals surface area (Å²) < 4.78 is 0. The van der Waals surface area contributed by atoms with E-state index in [1.54, 1.807) is 0 Å². The highest BCUT2D eigenvalue weighted by molar-refractivity contribution is 6.02. The van der Waals surface area contributed by atoms with Crippen LogP contribution in [0.1, 0.15) is 58.8 Å². The summed E-state index contributed by atoms with van der Waals surface area (Å²) in [6.07, 6.45) is 11.4. The third kappa shape index (κ3) is 2.92. The Bertz CT molecular complexity index is 903. The van der Waals surface area contributed by atoms with E-state index in [9.17, 15) is 9.90 Å². The summed E-state index contributed by atoms with van der Waals surface area (Å²) in [5, 5.41) is 10.2. The van der Waals surface area contributed by atoms with Gasteiger partial charge in [0.1, 0.15) is 0 Å². The minimum Gasteiger partial charge on any atom is -0.393 e. The number of carbonyl (C=O) groups excluding carboxylic acids is 1. The Kier molecular flexibility index (Phi) is 4.74. The molecule has 0 aliphatic heterocycles. The van der Waals surface area contributed by atoms with Gasteiger partial charge in [-0.2, -0.15) is 0 Å². The normalized spacial score (nSPS) is 41.7. The van der Waals surface area contributed by atoms with Gasteiger partial charge in [-0.25, -0.2) is 0 Å². The molecule has 1 aromatic carbocycles. The quantitative estimate of drug-likeness (QED) is 0.521. The molecule has 0 heterocycles. The number of hydrogen-bond donors (Lipinski definition) is 1. The second kappa shape index (κ2) is 7.09. The Morgan fingerprint density at radius 1 is 1.03 bits per heavy atom. The van der Waals surface area contributed by atoms with Gasteiger partial charge in [-0.3, -0.25) is 4.79 Å². The van der Waals surface area contributed by atoms with Crippen LogP contribution in [-0.4, -0.2) is 24.0 Å². The molecule has 0 saturated heterocycles. The number of hydrogen-bond acceptors (Lipinski definition) is 3. The largest absolute Gasteiger partial charge is 0.393 e. The van der Waals surface area contributed by atoms with E-state index in [0.29, 0.717) is 23.5 Å². The topological polar surface area (TPSA) is 40.5 Å². The van der Waals surface area contributed by atoms with Crippen LogP contribution in [0.2, 0.25) is 0 Å². The van der Waals surface area contributed by atoms with Crippen molar-refractivity contribution in [2.45, 2.75) is 64.9 Å². The van der Waals surface area contributed by atoms with Crippen LogP contribution < -0.4 is 4.90 Å². The Morgan fingerprint density at radius 3 is 2.53 bits per heavy atom. The monoisotopic (exact) mass is 405 g/mol. The van der Waals surface area contributed by atoms with E-state index in [1.165, 1.54) is 5.57 Å². The predicted molar refractivity (Wildman–Crippen MR) is 121 cm³/mol. The maximum Gasteiger partial charge on any atom is 0.166 e. The number of para-hydroxylation sites is 1. The smallest absolute Gasteiger partial charge is 0.166 e. The Hall–Kier alpha value is -1.87. The molecule has 30 heavy (non-hydrogen) atoms. The van der Waals surface area contributed by atoms with Crippen LogP contribution in [0.15, 0.2) is 53.8 Å². The highest BCUT2D eigenvalue weighted by atomic mass is 16.3. The van der Waals surface area contributed by atoms with Gasteiger partial charge in [0.25, 0.3) is 0 Å². The molecule has 4 aliphatic carbocycles. The fourth-order valence-electron chi connectivity index (χ4n) is 7.40. The molecule has 160 valence electrons. The highest BCUT2D eigenvalue weighted by Crippen LogP contribution is 2.64. The SMILES string of the molecule is CN(/C=C1\C[C@H]2[C@@H]3CC=C4C[C@@H](O)CC[C@]4(C)[C@H]3CC[C@]2(C)C1=O)c1ccccc1. The van der Waals surface area contributed by atoms with Crippen molar-refractivity contribution in [1.29, 1.82) is 0 Å². The molecule has 0 aromatic heterocycles. The second-order valence-electron chi connectivity index (χ2n) is 10.7. The van der Waals surface area contributed by atoms with Gasteiger partial charge in [0.2, 0.25) is 0 Å². The van der Waals surface area contributed by atoms with Crippen molar-refractivity contribution < 1.29 is 9.90 Å². The average molecular weight is 406 g/mol. The van der Waals surface area contributed by atoms with Crippen molar-refractivity contribution in [3.8, 4) is 0 Å². The summed E-state index contributed by atoms with van der Waals surface area (Å²) in [4.78, 5) is 15.7. The van der Waals surface area contributed by atoms with Crippen LogP contribution in [0.3, 0.4) is 0 Å². The fourth-order valence-corrected chi connectivity index (χ4v) is 7.40. The zero-order valence-corrected chi connectivity index (χ0v) is 18.6. The number of Topliss-reactive ketones (excluding diaryl/α,β-unsaturated/α-hetero) is 1. The summed E-state index contributed by atoms with van der Waals surface area (Å²) in [5.41, 5.74) is 3.64. The summed E-state index contributed by atoms with van der Waals surface area (Å²) in [7, 11) is 2.05. The first-order valence-electron chi connectivity index (χ1n) is 11.7. The molecule has 3 saturated carbocycles. The molecule has 0 radical (unpaired) electrons. The molecule has 4 aliphatic rings. The van der Waals surface area contributed by atoms with E-state index in [1.807, 2.05) is 25.2 Å². The van der Waals surface area contributed by atoms with Crippen molar-refractivity contribution in [2.24, 2.45) is 28.6 Å². The van der Waals surface area contributed by atoms with Crippen molar-refractivity contribution >= 4 is 11.5 Å². The molecular weight excluding hydrogens is 370 g/mol. The van der Waals surface area contributed by atoms with Crippen molar-refractivity contribution in [1.82, 2.24) is 0 Å². The summed E-state index contributed by atoms with van der Waals surface area (Å²) in [6, 6.07) is 10.3. The van der Waals surface area contributed by atoms with Gasteiger partial charge in [0.15, 0.2) is 5.78 Å². The molecule has 0 spiro atoms. The van der Waals surface area contributed by atoms with E-state index >= 15 is 0 Å². The number of allylic oxidation sites excluding steroid dienone is 2. The summed E-state index contributed by atoms with van der Waals surface area (Å²) in [6.45, 7) is 4.69. The van der Waals surface area contributed by atoms with Crippen LogP contribution >= 0.6 is 0 Å². The van der Waals surface area contributed by atoms with Crippen LogP contribution in [0.5, 0.6) is 0 Å². The first-order valence-corrected chi connectivity index (χ1v) is 11.7. The molecule has 3 heteroatoms. The number of aliphatic hydroxyl groups excluding tert-OH is 1. The molecule has 0 unspecified atom stereocenters. The average Bonchev–Trinajstić information content (AvgIpc) is 3.00. The standard InChI is InChI=1S/C27H35NO2/c1-26-13-11-21(29)16-19(26)9-10-22-23(26)12-14-27(2)24(22)15-18(25(27)30)17-28(3)20-7-5-4-6-8-20/h4-9,17,21-24,29H,10-16H2,1-3H3/b18-17+/t21-,22+,23-,24-,26-,27-/m0/s1. The molecule has 0 amide bonds. The number of aliphatic hydroxyl groups is 1. The van der Waals surface area contributed by atoms with Crippen molar-refractivity contribution in [3.05, 3.63) is 53.8 Å². The zero-order chi connectivity index (χ0) is 21.1. The lowest BCUT2D eigenvalue weighted by Gasteiger charge is -2.56. The molecule has 3 nitrogen and oxygen atoms in total. The minimum absolute atomic E-state index is 0.161. The number of fused-ring (bicyclic) bond motifs is 5. The van der Waals surface area contributed by atoms with Crippen molar-refractivity contribution in [3.63, 3.8) is 0 Å². The number of carbonyl (C=O) groups is 1. The molecular formula is C27H35NO2. The molecule has 6 atom stereocenters. The van der Waals surface area contributed by atoms with Gasteiger partial charge in [-0.1, -0.05) is 43.7 Å². The lowest BCUT2D eigenvalue weighted by Crippen LogP contribution is -2.50. The maximum atomic E-state index is 13.6. The first-order chi connectivity index (χ1) is 14.3. The second-order valence-corrected chi connectivity index (χ2v) is 10.7. The number of benzene rings is 1. The van der Waals surface area contributed by atoms with Gasteiger partial charge in [0.05, 0.1) is 6.10 Å². The Balaban J connectivity index is 1.44. The number of ketones is 1. The van der Waals surface area contributed by atoms with Crippen LogP contribution in [0.25, 0.3) is 0 Å². The van der Waals surface area contributed by atoms with Crippen molar-refractivity contribution in [2.75, 3.05) is 11.9 Å². The predicted octanol–water partition coefficient (Wildman–Crippen LogP) is 5.51. The van der Waals surface area contributed by atoms with E-state index in [2.05, 4.69) is 43.2 Å². The van der Waals surface area contributed by atoms with E-state index < -0.39 is 0 Å². The fraction of sp³-hybridized carbons (Fsp3) is 0.593. The highest BCUT2D eigenvalue weighted by Gasteiger charge is 2.59. The summed E-state index contributed by atoms with van der Waals surface area (Å²) >= 11 is 0. The van der Waals surface area contributed by atoms with Crippen LogP contribution in [0.4, 0.5) is 5.69 Å². The van der Waals surface area contributed by atoms with Gasteiger partial charge >= 0.3 is 0 Å². The van der Waals surface area contributed by atoms with Gasteiger partial charge in [-0.05, 0) is 80.2 Å². The summed E-state index contributed by atoms with van der Waals surface area (Å²) in [5.74, 6) is 2.07. The van der Waals surface area contributed by atoms with Crippen LogP contribution in [-0.2, 0) is 4.79 Å². The van der Waals surface area contributed by atoms with E-state index in [4.69, 9.17) is 0 Å². The zero-order valence-electron chi connectivity index (χ0n) is 18.6.